The van der Waals surface area contributed by atoms with E-state index in [9.17, 15) is 4.79 Å². The number of carboxylic acids is 1. The molecule has 1 aliphatic rings. The zero-order valence-corrected chi connectivity index (χ0v) is 9.63. The maximum atomic E-state index is 10.7. The molecule has 1 aliphatic carbocycles. The van der Waals surface area contributed by atoms with E-state index in [1.54, 1.807) is 0 Å². The lowest BCUT2D eigenvalue weighted by molar-refractivity contribution is -0.142. The van der Waals surface area contributed by atoms with Gasteiger partial charge in [0.05, 0.1) is 12.0 Å². The van der Waals surface area contributed by atoms with Crippen molar-refractivity contribution >= 4 is 17.7 Å². The Labute approximate surface area is 94.9 Å². The van der Waals surface area contributed by atoms with Gasteiger partial charge in [-0.15, -0.1) is 0 Å². The minimum Gasteiger partial charge on any atom is -0.481 e. The Balaban J connectivity index is 2.10. The maximum absolute atomic E-state index is 10.7. The third-order valence-corrected chi connectivity index (χ3v) is 4.28. The molecule has 0 aromatic rings. The highest BCUT2D eigenvalue weighted by molar-refractivity contribution is 7.99. The van der Waals surface area contributed by atoms with Crippen molar-refractivity contribution in [2.45, 2.75) is 43.8 Å². The van der Waals surface area contributed by atoms with E-state index < -0.39 is 5.97 Å². The van der Waals surface area contributed by atoms with Crippen LogP contribution in [0, 0.1) is 17.2 Å². The molecule has 0 radical (unpaired) electrons. The van der Waals surface area contributed by atoms with Gasteiger partial charge in [-0.2, -0.15) is 17.0 Å². The van der Waals surface area contributed by atoms with Gasteiger partial charge in [0, 0.05) is 11.7 Å². The van der Waals surface area contributed by atoms with Gasteiger partial charge in [0.2, 0.25) is 0 Å². The summed E-state index contributed by atoms with van der Waals surface area (Å²) in [6.45, 7) is 0. The van der Waals surface area contributed by atoms with Crippen LogP contribution in [0.25, 0.3) is 0 Å². The molecule has 0 aromatic carbocycles. The summed E-state index contributed by atoms with van der Waals surface area (Å²) in [4.78, 5) is 10.7. The van der Waals surface area contributed by atoms with E-state index in [2.05, 4.69) is 6.07 Å². The van der Waals surface area contributed by atoms with Crippen molar-refractivity contribution < 1.29 is 9.90 Å². The second kappa shape index (κ2) is 6.73. The van der Waals surface area contributed by atoms with E-state index in [-0.39, 0.29) is 5.92 Å². The van der Waals surface area contributed by atoms with E-state index in [0.29, 0.717) is 11.7 Å². The second-order valence-corrected chi connectivity index (χ2v) is 5.35. The molecule has 0 spiro atoms. The summed E-state index contributed by atoms with van der Waals surface area (Å²) in [6, 6.07) is 2.14. The highest BCUT2D eigenvalue weighted by Crippen LogP contribution is 2.32. The molecule has 84 valence electrons. The highest BCUT2D eigenvalue weighted by atomic mass is 32.2. The van der Waals surface area contributed by atoms with Crippen molar-refractivity contribution in [3.8, 4) is 6.07 Å². The average molecular weight is 227 g/mol. The van der Waals surface area contributed by atoms with Crippen LogP contribution in [-0.4, -0.2) is 22.1 Å². The number of rotatable bonds is 5. The van der Waals surface area contributed by atoms with E-state index in [1.807, 2.05) is 11.8 Å². The maximum Gasteiger partial charge on any atom is 0.306 e. The number of unbranched alkanes of at least 4 members (excludes halogenated alkanes) is 1. The Kier molecular flexibility index (Phi) is 5.56. The third-order valence-electron chi connectivity index (χ3n) is 2.81. The molecule has 0 heterocycles. The van der Waals surface area contributed by atoms with Crippen molar-refractivity contribution in [1.29, 1.82) is 5.26 Å². The van der Waals surface area contributed by atoms with Crippen LogP contribution in [0.4, 0.5) is 0 Å². The number of carbonyl (C=O) groups is 1. The number of hydrogen-bond acceptors (Lipinski definition) is 3. The van der Waals surface area contributed by atoms with Gasteiger partial charge in [-0.05, 0) is 37.9 Å². The quantitative estimate of drug-likeness (QED) is 0.733. The SMILES string of the molecule is N#CCCCSC1CCC(C(=O)O)CC1. The zero-order valence-electron chi connectivity index (χ0n) is 8.82. The van der Waals surface area contributed by atoms with Crippen LogP contribution in [0.15, 0.2) is 0 Å². The first-order chi connectivity index (χ1) is 7.24. The average Bonchev–Trinajstić information content (AvgIpc) is 2.25. The molecule has 0 saturated heterocycles. The van der Waals surface area contributed by atoms with Crippen molar-refractivity contribution in [2.75, 3.05) is 5.75 Å². The van der Waals surface area contributed by atoms with E-state index in [0.717, 1.165) is 37.9 Å². The minimum atomic E-state index is -0.636. The van der Waals surface area contributed by atoms with Gasteiger partial charge < -0.3 is 5.11 Å². The van der Waals surface area contributed by atoms with Crippen LogP contribution in [0.3, 0.4) is 0 Å². The lowest BCUT2D eigenvalue weighted by atomic mass is 9.89. The van der Waals surface area contributed by atoms with Crippen LogP contribution >= 0.6 is 11.8 Å². The van der Waals surface area contributed by atoms with Gasteiger partial charge in [-0.25, -0.2) is 0 Å². The molecular formula is C11H17NO2S. The van der Waals surface area contributed by atoms with E-state index in [1.165, 1.54) is 0 Å². The summed E-state index contributed by atoms with van der Waals surface area (Å²) in [6.07, 6.45) is 5.29. The van der Waals surface area contributed by atoms with Gasteiger partial charge in [0.1, 0.15) is 0 Å². The first-order valence-corrected chi connectivity index (χ1v) is 6.50. The number of nitrogens with zero attached hydrogens (tertiary/aromatic N) is 1. The monoisotopic (exact) mass is 227 g/mol. The smallest absolute Gasteiger partial charge is 0.306 e. The van der Waals surface area contributed by atoms with Crippen LogP contribution < -0.4 is 0 Å². The Morgan fingerprint density at radius 3 is 2.60 bits per heavy atom. The Hall–Kier alpha value is -0.690. The molecule has 1 saturated carbocycles. The Morgan fingerprint density at radius 1 is 1.40 bits per heavy atom. The molecule has 0 aliphatic heterocycles. The van der Waals surface area contributed by atoms with Crippen molar-refractivity contribution in [3.63, 3.8) is 0 Å². The fourth-order valence-corrected chi connectivity index (χ4v) is 3.13. The van der Waals surface area contributed by atoms with E-state index in [4.69, 9.17) is 10.4 Å². The number of aliphatic carboxylic acids is 1. The van der Waals surface area contributed by atoms with Gasteiger partial charge in [-0.3, -0.25) is 4.79 Å². The van der Waals surface area contributed by atoms with Gasteiger partial charge in [0.25, 0.3) is 0 Å². The van der Waals surface area contributed by atoms with Crippen LogP contribution in [0.1, 0.15) is 38.5 Å². The molecule has 1 N–H and O–H groups in total. The topological polar surface area (TPSA) is 61.1 Å². The van der Waals surface area contributed by atoms with E-state index >= 15 is 0 Å². The fourth-order valence-electron chi connectivity index (χ4n) is 1.88. The summed E-state index contributed by atoms with van der Waals surface area (Å²) < 4.78 is 0. The van der Waals surface area contributed by atoms with Gasteiger partial charge in [-0.1, -0.05) is 0 Å². The zero-order chi connectivity index (χ0) is 11.1. The first kappa shape index (κ1) is 12.4. The molecule has 1 fully saturated rings. The van der Waals surface area contributed by atoms with Crippen LogP contribution in [0.5, 0.6) is 0 Å². The largest absolute Gasteiger partial charge is 0.481 e. The molecule has 0 bridgehead atoms. The van der Waals surface area contributed by atoms with Crippen LogP contribution in [0.2, 0.25) is 0 Å². The summed E-state index contributed by atoms with van der Waals surface area (Å²) in [7, 11) is 0. The Morgan fingerprint density at radius 2 is 2.07 bits per heavy atom. The molecule has 0 unspecified atom stereocenters. The third kappa shape index (κ3) is 4.57. The predicted molar refractivity (Wildman–Crippen MR) is 60.7 cm³/mol. The molecule has 15 heavy (non-hydrogen) atoms. The summed E-state index contributed by atoms with van der Waals surface area (Å²) in [5.74, 6) is 0.291. The van der Waals surface area contributed by atoms with Crippen molar-refractivity contribution in [1.82, 2.24) is 0 Å². The number of nitriles is 1. The normalized spacial score (nSPS) is 25.8. The summed E-state index contributed by atoms with van der Waals surface area (Å²) in [5, 5.41) is 17.8. The fraction of sp³-hybridized carbons (Fsp3) is 0.818. The standard InChI is InChI=1S/C11H17NO2S/c12-7-1-2-8-15-10-5-3-9(4-6-10)11(13)14/h9-10H,1-6,8H2,(H,13,14). The molecule has 4 heteroatoms. The Bertz CT molecular complexity index is 241. The van der Waals surface area contributed by atoms with Crippen LogP contribution in [-0.2, 0) is 4.79 Å². The molecule has 3 nitrogen and oxygen atoms in total. The lowest BCUT2D eigenvalue weighted by Gasteiger charge is -2.25. The second-order valence-electron chi connectivity index (χ2n) is 3.94. The number of carboxylic acid groups (broad SMARTS) is 1. The van der Waals surface area contributed by atoms with Gasteiger partial charge >= 0.3 is 5.97 Å². The van der Waals surface area contributed by atoms with Crippen molar-refractivity contribution in [3.05, 3.63) is 0 Å². The molecule has 1 rings (SSSR count). The molecule has 0 aromatic heterocycles. The summed E-state index contributed by atoms with van der Waals surface area (Å²) in [5.41, 5.74) is 0. The number of hydrogen-bond donors (Lipinski definition) is 1. The lowest BCUT2D eigenvalue weighted by Crippen LogP contribution is -2.22. The molecule has 0 atom stereocenters. The molecular weight excluding hydrogens is 210 g/mol. The predicted octanol–water partition coefficient (Wildman–Crippen LogP) is 2.67. The molecule has 0 amide bonds. The first-order valence-electron chi connectivity index (χ1n) is 5.45. The van der Waals surface area contributed by atoms with Gasteiger partial charge in [0.15, 0.2) is 0 Å². The van der Waals surface area contributed by atoms with Crippen molar-refractivity contribution in [2.24, 2.45) is 5.92 Å². The minimum absolute atomic E-state index is 0.110. The highest BCUT2D eigenvalue weighted by Gasteiger charge is 2.25. The number of thioether (sulfide) groups is 1. The summed E-state index contributed by atoms with van der Waals surface area (Å²) >= 11 is 1.91.